The highest BCUT2D eigenvalue weighted by Gasteiger charge is 2.54. The summed E-state index contributed by atoms with van der Waals surface area (Å²) in [7, 11) is -2.40. The van der Waals surface area contributed by atoms with Crippen LogP contribution in [0.4, 0.5) is 19.3 Å². The third kappa shape index (κ3) is 8.29. The maximum atomic E-state index is 16.3. The lowest BCUT2D eigenvalue weighted by Crippen LogP contribution is -2.65. The average molecular weight is 784 g/mol. The Morgan fingerprint density at radius 3 is 2.42 bits per heavy atom. The molecule has 55 heavy (non-hydrogen) atoms. The molecule has 2 amide bonds. The van der Waals surface area contributed by atoms with Gasteiger partial charge in [-0.05, 0) is 118 Å². The summed E-state index contributed by atoms with van der Waals surface area (Å²) in [4.78, 5) is 32.9. The van der Waals surface area contributed by atoms with Gasteiger partial charge in [0.05, 0.1) is 38.3 Å². The third-order valence-electron chi connectivity index (χ3n) is 12.9. The number of halogens is 2. The molecular formula is C41H55F2N5O6S. The summed E-state index contributed by atoms with van der Waals surface area (Å²) in [5.41, 5.74) is -0.0505. The molecule has 1 saturated carbocycles. The molecule has 4 atom stereocenters. The Balaban J connectivity index is 1.00. The van der Waals surface area contributed by atoms with E-state index >= 15 is 8.78 Å². The summed E-state index contributed by atoms with van der Waals surface area (Å²) in [5, 5.41) is 2.23. The van der Waals surface area contributed by atoms with Gasteiger partial charge in [-0.2, -0.15) is 0 Å². The number of carbonyl (C=O) groups is 2. The van der Waals surface area contributed by atoms with E-state index in [2.05, 4.69) is 27.8 Å². The molecule has 7 rings (SSSR count). The molecule has 11 nitrogen and oxygen atoms in total. The molecule has 4 aliphatic heterocycles. The Labute approximate surface area is 323 Å². The standard InChI is InChI=1S/C41H55F2N5O6S/c1-3-38(49)47-21-22-54-25-35(24-47)55(51,52)34-13-11-33(12-14-34)48-27-40(43,28-48)26-46-19-15-30(16-20-46)41(29-45-17-6-18-45,31-7-4-8-32(42)23-31)36-9-5-10-37(36)44-39(50)53-2/h3-4,7-8,11-14,23,30,35-37H,1,5-6,9-10,15-22,24-29H2,2H3,(H,44,50)/t35-,36+,37+,41+/m1/s1. The molecule has 4 heterocycles. The van der Waals surface area contributed by atoms with Crippen molar-refractivity contribution in [3.8, 4) is 0 Å². The van der Waals surface area contributed by atoms with Crippen molar-refractivity contribution in [1.29, 1.82) is 0 Å². The number of alkyl carbamates (subject to hydrolysis) is 1. The predicted octanol–water partition coefficient (Wildman–Crippen LogP) is 4.42. The molecule has 300 valence electrons. The minimum absolute atomic E-state index is 0.00328. The number of alkyl halides is 1. The molecule has 0 spiro atoms. The van der Waals surface area contributed by atoms with E-state index in [-0.39, 0.29) is 72.8 Å². The Bertz CT molecular complexity index is 1800. The van der Waals surface area contributed by atoms with Crippen molar-refractivity contribution in [3.05, 3.63) is 72.6 Å². The van der Waals surface area contributed by atoms with Crippen molar-refractivity contribution in [1.82, 2.24) is 20.0 Å². The first-order valence-corrected chi connectivity index (χ1v) is 21.3. The topological polar surface area (TPSA) is 112 Å². The van der Waals surface area contributed by atoms with E-state index in [9.17, 15) is 18.0 Å². The number of hydrogen-bond acceptors (Lipinski definition) is 9. The lowest BCUT2D eigenvalue weighted by molar-refractivity contribution is -0.126. The molecule has 0 unspecified atom stereocenters. The first kappa shape index (κ1) is 39.6. The maximum absolute atomic E-state index is 16.3. The number of anilines is 1. The lowest BCUT2D eigenvalue weighted by atomic mass is 9.57. The number of sulfone groups is 1. The number of hydrogen-bond donors (Lipinski definition) is 1. The van der Waals surface area contributed by atoms with Crippen LogP contribution in [-0.2, 0) is 29.5 Å². The van der Waals surface area contributed by atoms with Crippen molar-refractivity contribution < 1.29 is 36.3 Å². The molecule has 4 saturated heterocycles. The summed E-state index contributed by atoms with van der Waals surface area (Å²) >= 11 is 0. The van der Waals surface area contributed by atoms with E-state index < -0.39 is 26.8 Å². The molecule has 14 heteroatoms. The van der Waals surface area contributed by atoms with Crippen LogP contribution in [0.2, 0.25) is 0 Å². The van der Waals surface area contributed by atoms with E-state index in [0.29, 0.717) is 13.1 Å². The summed E-state index contributed by atoms with van der Waals surface area (Å²) in [6.45, 7) is 9.08. The van der Waals surface area contributed by atoms with Crippen LogP contribution in [0.25, 0.3) is 0 Å². The molecule has 0 aromatic heterocycles. The molecule has 5 fully saturated rings. The van der Waals surface area contributed by atoms with Crippen molar-refractivity contribution >= 4 is 27.5 Å². The second-order valence-corrected chi connectivity index (χ2v) is 18.5. The van der Waals surface area contributed by atoms with Crippen molar-refractivity contribution in [2.75, 3.05) is 90.7 Å². The first-order chi connectivity index (χ1) is 26.4. The molecule has 2 aromatic carbocycles. The highest BCUT2D eigenvalue weighted by Crippen LogP contribution is 2.51. The highest BCUT2D eigenvalue weighted by atomic mass is 32.2. The van der Waals surface area contributed by atoms with Crippen LogP contribution in [-0.4, -0.2) is 138 Å². The van der Waals surface area contributed by atoms with Gasteiger partial charge < -0.3 is 29.5 Å². The van der Waals surface area contributed by atoms with E-state index in [4.69, 9.17) is 9.47 Å². The Morgan fingerprint density at radius 2 is 1.76 bits per heavy atom. The minimum Gasteiger partial charge on any atom is -0.453 e. The number of rotatable bonds is 12. The fourth-order valence-electron chi connectivity index (χ4n) is 10.0. The monoisotopic (exact) mass is 783 g/mol. The van der Waals surface area contributed by atoms with Gasteiger partial charge in [0.2, 0.25) is 5.91 Å². The van der Waals surface area contributed by atoms with Crippen LogP contribution in [0.15, 0.2) is 66.1 Å². The molecule has 2 aromatic rings. The normalized spacial score (nSPS) is 26.3. The van der Waals surface area contributed by atoms with E-state index in [1.165, 1.54) is 24.2 Å². The molecule has 0 radical (unpaired) electrons. The van der Waals surface area contributed by atoms with E-state index in [0.717, 1.165) is 82.5 Å². The van der Waals surface area contributed by atoms with Crippen LogP contribution >= 0.6 is 0 Å². The summed E-state index contributed by atoms with van der Waals surface area (Å²) in [5.74, 6) is -0.263. The SMILES string of the molecule is C=CC(=O)N1CCOC[C@H](S(=O)(=O)c2ccc(N3CC(F)(CN4CCC([C@@](CN5CCC5)(c5cccc(F)c5)[C@H]5CCC[C@@H]5NC(=O)OC)CC4)C3)cc2)C1. The van der Waals surface area contributed by atoms with E-state index in [1.807, 2.05) is 4.90 Å². The van der Waals surface area contributed by atoms with Gasteiger partial charge in [-0.3, -0.25) is 9.69 Å². The number of ether oxygens (including phenoxy) is 2. The second kappa shape index (κ2) is 16.5. The zero-order valence-corrected chi connectivity index (χ0v) is 32.7. The van der Waals surface area contributed by atoms with Gasteiger partial charge in [0.1, 0.15) is 11.1 Å². The first-order valence-electron chi connectivity index (χ1n) is 19.8. The Hall–Kier alpha value is -3.59. The van der Waals surface area contributed by atoms with Gasteiger partial charge in [0, 0.05) is 43.3 Å². The van der Waals surface area contributed by atoms with Gasteiger partial charge in [-0.1, -0.05) is 25.1 Å². The summed E-state index contributed by atoms with van der Waals surface area (Å²) in [6, 6.07) is 13.5. The number of nitrogens with one attached hydrogen (secondary N) is 1. The molecule has 0 bridgehead atoms. The zero-order valence-electron chi connectivity index (χ0n) is 31.8. The third-order valence-corrected chi connectivity index (χ3v) is 15.0. The number of likely N-dealkylation sites (tertiary alicyclic amines) is 2. The lowest BCUT2D eigenvalue weighted by Gasteiger charge is -2.54. The van der Waals surface area contributed by atoms with Gasteiger partial charge in [0.15, 0.2) is 15.5 Å². The number of methoxy groups -OCH3 is 1. The smallest absolute Gasteiger partial charge is 0.407 e. The molecule has 1 aliphatic carbocycles. The van der Waals surface area contributed by atoms with Crippen LogP contribution < -0.4 is 10.2 Å². The minimum atomic E-state index is -3.79. The molecular weight excluding hydrogens is 729 g/mol. The molecule has 5 aliphatic rings. The number of nitrogens with zero attached hydrogens (tertiary/aromatic N) is 4. The van der Waals surface area contributed by atoms with Crippen molar-refractivity contribution in [3.63, 3.8) is 0 Å². The van der Waals surface area contributed by atoms with Crippen molar-refractivity contribution in [2.24, 2.45) is 11.8 Å². The van der Waals surface area contributed by atoms with Crippen molar-refractivity contribution in [2.45, 2.75) is 65.8 Å². The zero-order chi connectivity index (χ0) is 38.8. The second-order valence-electron chi connectivity index (χ2n) is 16.2. The van der Waals surface area contributed by atoms with Crippen LogP contribution in [0, 0.1) is 17.7 Å². The number of amides is 2. The van der Waals surface area contributed by atoms with Crippen LogP contribution in [0.3, 0.4) is 0 Å². The number of benzene rings is 2. The van der Waals surface area contributed by atoms with Crippen LogP contribution in [0.5, 0.6) is 0 Å². The Kier molecular flexibility index (Phi) is 11.9. The van der Waals surface area contributed by atoms with Gasteiger partial charge >= 0.3 is 6.09 Å². The van der Waals surface area contributed by atoms with Gasteiger partial charge in [0.25, 0.3) is 0 Å². The quantitative estimate of drug-likeness (QED) is 0.313. The maximum Gasteiger partial charge on any atom is 0.407 e. The van der Waals surface area contributed by atoms with Gasteiger partial charge in [-0.25, -0.2) is 22.0 Å². The van der Waals surface area contributed by atoms with Gasteiger partial charge in [-0.15, -0.1) is 0 Å². The Morgan fingerprint density at radius 1 is 1.02 bits per heavy atom. The summed E-state index contributed by atoms with van der Waals surface area (Å²) in [6.07, 6.45) is 6.31. The van der Waals surface area contributed by atoms with Crippen LogP contribution in [0.1, 0.15) is 44.1 Å². The average Bonchev–Trinajstić information content (AvgIpc) is 3.46. The fraction of sp³-hybridized carbons (Fsp3) is 0.610. The number of piperidine rings is 1. The van der Waals surface area contributed by atoms with E-state index in [1.54, 1.807) is 36.4 Å². The molecule has 1 N–H and O–H groups in total. The fourth-order valence-corrected chi connectivity index (χ4v) is 11.6. The number of carbonyl (C=O) groups excluding carboxylic acids is 2. The largest absolute Gasteiger partial charge is 0.453 e. The highest BCUT2D eigenvalue weighted by molar-refractivity contribution is 7.92. The summed E-state index contributed by atoms with van der Waals surface area (Å²) < 4.78 is 68.9. The predicted molar refractivity (Wildman–Crippen MR) is 206 cm³/mol.